The van der Waals surface area contributed by atoms with Crippen molar-refractivity contribution in [3.8, 4) is 6.07 Å². The molecule has 146 valence electrons. The van der Waals surface area contributed by atoms with E-state index in [0.717, 1.165) is 5.56 Å². The predicted octanol–water partition coefficient (Wildman–Crippen LogP) is 2.33. The topological polar surface area (TPSA) is 81.5 Å². The SMILES string of the molecule is Cc1ccc(CCC(=O)N2CCN(S(=O)(=O)c3ccccc3C#N)CC2)cc1. The van der Waals surface area contributed by atoms with Crippen LogP contribution < -0.4 is 0 Å². The lowest BCUT2D eigenvalue weighted by Crippen LogP contribution is -2.50. The first-order valence-corrected chi connectivity index (χ1v) is 10.7. The molecule has 1 saturated heterocycles. The summed E-state index contributed by atoms with van der Waals surface area (Å²) in [6, 6.07) is 16.2. The van der Waals surface area contributed by atoms with E-state index < -0.39 is 10.0 Å². The van der Waals surface area contributed by atoms with E-state index in [2.05, 4.69) is 0 Å². The van der Waals surface area contributed by atoms with E-state index in [-0.39, 0.29) is 29.5 Å². The molecular formula is C21H23N3O3S. The van der Waals surface area contributed by atoms with E-state index in [1.807, 2.05) is 37.3 Å². The second kappa shape index (κ2) is 8.55. The molecule has 6 nitrogen and oxygen atoms in total. The smallest absolute Gasteiger partial charge is 0.244 e. The molecule has 0 aromatic heterocycles. The van der Waals surface area contributed by atoms with Crippen LogP contribution in [0, 0.1) is 18.3 Å². The van der Waals surface area contributed by atoms with Crippen LogP contribution in [-0.2, 0) is 21.2 Å². The molecule has 7 heteroatoms. The van der Waals surface area contributed by atoms with Crippen molar-refractivity contribution in [3.05, 3.63) is 65.2 Å². The molecule has 0 bridgehead atoms. The summed E-state index contributed by atoms with van der Waals surface area (Å²) in [7, 11) is -3.74. The van der Waals surface area contributed by atoms with Gasteiger partial charge in [0.05, 0.1) is 10.5 Å². The van der Waals surface area contributed by atoms with Gasteiger partial charge in [0.1, 0.15) is 6.07 Å². The highest BCUT2D eigenvalue weighted by Gasteiger charge is 2.31. The third-order valence-electron chi connectivity index (χ3n) is 4.96. The van der Waals surface area contributed by atoms with Gasteiger partial charge in [-0.25, -0.2) is 8.42 Å². The van der Waals surface area contributed by atoms with Crippen molar-refractivity contribution in [1.29, 1.82) is 5.26 Å². The Morgan fingerprint density at radius 1 is 1.04 bits per heavy atom. The molecule has 1 aliphatic heterocycles. The van der Waals surface area contributed by atoms with E-state index in [9.17, 15) is 18.5 Å². The number of carbonyl (C=O) groups is 1. The van der Waals surface area contributed by atoms with E-state index >= 15 is 0 Å². The minimum atomic E-state index is -3.74. The average Bonchev–Trinajstić information content (AvgIpc) is 2.73. The van der Waals surface area contributed by atoms with Crippen molar-refractivity contribution in [2.24, 2.45) is 0 Å². The Morgan fingerprint density at radius 2 is 1.68 bits per heavy atom. The maximum atomic E-state index is 12.9. The fourth-order valence-electron chi connectivity index (χ4n) is 3.27. The number of sulfonamides is 1. The van der Waals surface area contributed by atoms with Crippen LogP contribution in [0.15, 0.2) is 53.4 Å². The van der Waals surface area contributed by atoms with E-state index in [1.165, 1.54) is 22.0 Å². The zero-order chi connectivity index (χ0) is 20.1. The van der Waals surface area contributed by atoms with Crippen LogP contribution in [0.2, 0.25) is 0 Å². The molecule has 0 radical (unpaired) electrons. The number of amides is 1. The molecule has 1 fully saturated rings. The molecule has 1 heterocycles. The number of aryl methyl sites for hydroxylation is 2. The third-order valence-corrected chi connectivity index (χ3v) is 6.92. The van der Waals surface area contributed by atoms with E-state index in [0.29, 0.717) is 25.9 Å². The van der Waals surface area contributed by atoms with Crippen LogP contribution in [0.1, 0.15) is 23.1 Å². The Hall–Kier alpha value is -2.69. The molecule has 2 aromatic rings. The van der Waals surface area contributed by atoms with Crippen LogP contribution in [0.3, 0.4) is 0 Å². The second-order valence-corrected chi connectivity index (χ2v) is 8.78. The quantitative estimate of drug-likeness (QED) is 0.775. The molecule has 0 saturated carbocycles. The molecule has 0 spiro atoms. The third kappa shape index (κ3) is 4.41. The zero-order valence-corrected chi connectivity index (χ0v) is 16.7. The number of rotatable bonds is 5. The molecule has 0 unspecified atom stereocenters. The van der Waals surface area contributed by atoms with Gasteiger partial charge in [-0.15, -0.1) is 0 Å². The van der Waals surface area contributed by atoms with Crippen molar-refractivity contribution >= 4 is 15.9 Å². The van der Waals surface area contributed by atoms with Gasteiger partial charge in [-0.1, -0.05) is 42.0 Å². The van der Waals surface area contributed by atoms with Crippen molar-refractivity contribution in [1.82, 2.24) is 9.21 Å². The summed E-state index contributed by atoms with van der Waals surface area (Å²) in [5, 5.41) is 9.18. The summed E-state index contributed by atoms with van der Waals surface area (Å²) in [6.45, 7) is 3.22. The largest absolute Gasteiger partial charge is 0.340 e. The minimum absolute atomic E-state index is 0.0247. The first-order valence-electron chi connectivity index (χ1n) is 9.24. The molecule has 0 aliphatic carbocycles. The summed E-state index contributed by atoms with van der Waals surface area (Å²) >= 11 is 0. The van der Waals surface area contributed by atoms with Crippen LogP contribution in [0.4, 0.5) is 0 Å². The van der Waals surface area contributed by atoms with Gasteiger partial charge >= 0.3 is 0 Å². The molecular weight excluding hydrogens is 374 g/mol. The number of benzene rings is 2. The van der Waals surface area contributed by atoms with Gasteiger partial charge in [0, 0.05) is 32.6 Å². The highest BCUT2D eigenvalue weighted by Crippen LogP contribution is 2.21. The Kier molecular flexibility index (Phi) is 6.12. The average molecular weight is 398 g/mol. The lowest BCUT2D eigenvalue weighted by atomic mass is 10.1. The van der Waals surface area contributed by atoms with Crippen molar-refractivity contribution < 1.29 is 13.2 Å². The highest BCUT2D eigenvalue weighted by atomic mass is 32.2. The molecule has 1 amide bonds. The second-order valence-electron chi connectivity index (χ2n) is 6.88. The fourth-order valence-corrected chi connectivity index (χ4v) is 4.83. The van der Waals surface area contributed by atoms with Gasteiger partial charge in [0.2, 0.25) is 15.9 Å². The first kappa shape index (κ1) is 20.1. The first-order chi connectivity index (χ1) is 13.4. The van der Waals surface area contributed by atoms with E-state index in [1.54, 1.807) is 17.0 Å². The fraction of sp³-hybridized carbons (Fsp3) is 0.333. The predicted molar refractivity (Wildman–Crippen MR) is 106 cm³/mol. The molecule has 0 atom stereocenters. The Bertz CT molecular complexity index is 986. The molecule has 1 aliphatic rings. The number of nitrogens with zero attached hydrogens (tertiary/aromatic N) is 3. The van der Waals surface area contributed by atoms with Gasteiger partial charge in [0.25, 0.3) is 0 Å². The van der Waals surface area contributed by atoms with Gasteiger partial charge in [-0.2, -0.15) is 9.57 Å². The number of piperazine rings is 1. The standard InChI is InChI=1S/C21H23N3O3S/c1-17-6-8-18(9-7-17)10-11-21(25)23-12-14-24(15-13-23)28(26,27)20-5-3-2-4-19(20)16-22/h2-9H,10-15H2,1H3. The summed E-state index contributed by atoms with van der Waals surface area (Å²) in [4.78, 5) is 14.2. The van der Waals surface area contributed by atoms with Crippen molar-refractivity contribution in [2.45, 2.75) is 24.7 Å². The van der Waals surface area contributed by atoms with Crippen molar-refractivity contribution in [3.63, 3.8) is 0 Å². The Labute approximate surface area is 166 Å². The molecule has 2 aromatic carbocycles. The minimum Gasteiger partial charge on any atom is -0.340 e. The highest BCUT2D eigenvalue weighted by molar-refractivity contribution is 7.89. The summed E-state index contributed by atoms with van der Waals surface area (Å²) < 4.78 is 27.1. The van der Waals surface area contributed by atoms with Crippen LogP contribution in [0.25, 0.3) is 0 Å². The number of carbonyl (C=O) groups excluding carboxylic acids is 1. The monoisotopic (exact) mass is 397 g/mol. The molecule has 3 rings (SSSR count). The number of nitriles is 1. The van der Waals surface area contributed by atoms with Gasteiger partial charge in [-0.3, -0.25) is 4.79 Å². The lowest BCUT2D eigenvalue weighted by Gasteiger charge is -2.34. The van der Waals surface area contributed by atoms with E-state index in [4.69, 9.17) is 0 Å². The van der Waals surface area contributed by atoms with Crippen molar-refractivity contribution in [2.75, 3.05) is 26.2 Å². The molecule has 28 heavy (non-hydrogen) atoms. The maximum absolute atomic E-state index is 12.9. The van der Waals surface area contributed by atoms with Crippen LogP contribution >= 0.6 is 0 Å². The maximum Gasteiger partial charge on any atom is 0.244 e. The summed E-state index contributed by atoms with van der Waals surface area (Å²) in [6.07, 6.45) is 1.08. The normalized spacial score (nSPS) is 15.2. The zero-order valence-electron chi connectivity index (χ0n) is 15.8. The lowest BCUT2D eigenvalue weighted by molar-refractivity contribution is -0.132. The summed E-state index contributed by atoms with van der Waals surface area (Å²) in [5.41, 5.74) is 2.44. The molecule has 0 N–H and O–H groups in total. The van der Waals surface area contributed by atoms with Crippen LogP contribution in [0.5, 0.6) is 0 Å². The number of hydrogen-bond donors (Lipinski definition) is 0. The Morgan fingerprint density at radius 3 is 2.32 bits per heavy atom. The van der Waals surface area contributed by atoms with Gasteiger partial charge in [-0.05, 0) is 31.0 Å². The van der Waals surface area contributed by atoms with Gasteiger partial charge in [0.15, 0.2) is 0 Å². The van der Waals surface area contributed by atoms with Crippen LogP contribution in [-0.4, -0.2) is 49.7 Å². The Balaban J connectivity index is 1.58. The summed E-state index contributed by atoms with van der Waals surface area (Å²) in [5.74, 6) is 0.0371. The number of hydrogen-bond acceptors (Lipinski definition) is 4. The van der Waals surface area contributed by atoms with Gasteiger partial charge < -0.3 is 4.90 Å².